The quantitative estimate of drug-likeness (QED) is 0.590. The lowest BCUT2D eigenvalue weighted by Crippen LogP contribution is -2.19. The lowest BCUT2D eigenvalue weighted by molar-refractivity contribution is 0.300. The van der Waals surface area contributed by atoms with E-state index in [0.29, 0.717) is 36.0 Å². The first-order valence-corrected chi connectivity index (χ1v) is 10.5. The minimum Gasteiger partial charge on any atom is -0.490 e. The van der Waals surface area contributed by atoms with Crippen LogP contribution >= 0.6 is 11.6 Å². The summed E-state index contributed by atoms with van der Waals surface area (Å²) in [6, 6.07) is 14.2. The summed E-state index contributed by atoms with van der Waals surface area (Å²) in [5, 5.41) is 0.592. The molecule has 1 heterocycles. The van der Waals surface area contributed by atoms with Crippen LogP contribution in [-0.2, 0) is 23.0 Å². The van der Waals surface area contributed by atoms with Crippen LogP contribution in [-0.4, -0.2) is 30.3 Å². The number of benzene rings is 2. The summed E-state index contributed by atoms with van der Waals surface area (Å²) in [4.78, 5) is 3.97. The van der Waals surface area contributed by atoms with Crippen molar-refractivity contribution < 1.29 is 13.2 Å². The maximum absolute atomic E-state index is 12.5. The molecule has 2 aromatic carbocycles. The van der Waals surface area contributed by atoms with Gasteiger partial charge in [0.1, 0.15) is 12.4 Å². The lowest BCUT2D eigenvalue weighted by Gasteiger charge is -2.14. The molecule has 8 heteroatoms. The second-order valence-electron chi connectivity index (χ2n) is 5.95. The van der Waals surface area contributed by atoms with Crippen molar-refractivity contribution in [3.8, 4) is 5.75 Å². The van der Waals surface area contributed by atoms with Crippen LogP contribution in [0, 0.1) is 0 Å². The molecule has 0 spiro atoms. The topological polar surface area (TPSA) is 73.2 Å². The maximum Gasteiger partial charge on any atom is 0.233 e. The Kier molecular flexibility index (Phi) is 6.36. The molecule has 0 saturated carbocycles. The molecule has 0 atom stereocenters. The van der Waals surface area contributed by atoms with Crippen molar-refractivity contribution >= 4 is 27.3 Å². The highest BCUT2D eigenvalue weighted by Crippen LogP contribution is 2.25. The molecule has 0 bridgehead atoms. The highest BCUT2D eigenvalue weighted by Gasteiger charge is 2.14. The summed E-state index contributed by atoms with van der Waals surface area (Å²) in [7, 11) is -3.52. The van der Waals surface area contributed by atoms with E-state index in [-0.39, 0.29) is 5.75 Å². The molecule has 142 valence electrons. The van der Waals surface area contributed by atoms with Gasteiger partial charge in [0, 0.05) is 17.4 Å². The Morgan fingerprint density at radius 2 is 2.00 bits per heavy atom. The zero-order chi connectivity index (χ0) is 19.1. The van der Waals surface area contributed by atoms with E-state index in [1.807, 2.05) is 16.8 Å². The standard InChI is InChI=1S/C19H20ClN3O3S/c20-17-5-3-4-16(14-17)8-13-27(24,25)22-18-6-1-2-7-19(18)26-12-11-23-10-9-21-15-23/h1-7,9-10,14-15,22H,8,11-13H2. The fourth-order valence-electron chi connectivity index (χ4n) is 2.52. The molecular weight excluding hydrogens is 386 g/mol. The number of rotatable bonds is 9. The van der Waals surface area contributed by atoms with Gasteiger partial charge in [-0.3, -0.25) is 4.72 Å². The predicted octanol–water partition coefficient (Wildman–Crippen LogP) is 3.60. The zero-order valence-corrected chi connectivity index (χ0v) is 16.2. The van der Waals surface area contributed by atoms with Crippen molar-refractivity contribution in [2.24, 2.45) is 0 Å². The van der Waals surface area contributed by atoms with Crippen molar-refractivity contribution in [2.75, 3.05) is 17.1 Å². The molecule has 3 rings (SSSR count). The smallest absolute Gasteiger partial charge is 0.233 e. The van der Waals surface area contributed by atoms with Gasteiger partial charge in [0.15, 0.2) is 0 Å². The average Bonchev–Trinajstić information content (AvgIpc) is 3.15. The van der Waals surface area contributed by atoms with E-state index in [4.69, 9.17) is 16.3 Å². The summed E-state index contributed by atoms with van der Waals surface area (Å²) < 4.78 is 35.2. The first kappa shape index (κ1) is 19.3. The van der Waals surface area contributed by atoms with Crippen molar-refractivity contribution in [1.82, 2.24) is 9.55 Å². The molecule has 0 amide bonds. The van der Waals surface area contributed by atoms with Crippen LogP contribution in [0.1, 0.15) is 5.56 Å². The van der Waals surface area contributed by atoms with Crippen molar-refractivity contribution in [3.05, 3.63) is 77.8 Å². The Hall–Kier alpha value is -2.51. The molecule has 0 aliphatic heterocycles. The molecule has 0 saturated heterocycles. The van der Waals surface area contributed by atoms with Crippen LogP contribution in [0.2, 0.25) is 5.02 Å². The van der Waals surface area contributed by atoms with E-state index in [0.717, 1.165) is 5.56 Å². The second-order valence-corrected chi connectivity index (χ2v) is 8.22. The van der Waals surface area contributed by atoms with Crippen LogP contribution in [0.5, 0.6) is 5.75 Å². The SMILES string of the molecule is O=S(=O)(CCc1cccc(Cl)c1)Nc1ccccc1OCCn1ccnc1. The monoisotopic (exact) mass is 405 g/mol. The normalized spacial score (nSPS) is 11.3. The number of imidazole rings is 1. The number of aromatic nitrogens is 2. The molecule has 0 unspecified atom stereocenters. The summed E-state index contributed by atoms with van der Waals surface area (Å²) in [5.41, 5.74) is 1.30. The Balaban J connectivity index is 1.60. The molecule has 0 aliphatic carbocycles. The number of para-hydroxylation sites is 2. The fraction of sp³-hybridized carbons (Fsp3) is 0.211. The third kappa shape index (κ3) is 6.01. The van der Waals surface area contributed by atoms with Gasteiger partial charge in [-0.2, -0.15) is 0 Å². The first-order chi connectivity index (χ1) is 13.0. The number of hydrogen-bond donors (Lipinski definition) is 1. The Morgan fingerprint density at radius 3 is 2.78 bits per heavy atom. The average molecular weight is 406 g/mol. The molecule has 3 aromatic rings. The third-order valence-electron chi connectivity index (χ3n) is 3.87. The number of nitrogens with one attached hydrogen (secondary N) is 1. The Morgan fingerprint density at radius 1 is 1.15 bits per heavy atom. The molecule has 6 nitrogen and oxygen atoms in total. The summed E-state index contributed by atoms with van der Waals surface area (Å²) in [6.45, 7) is 1.02. The van der Waals surface area contributed by atoms with Gasteiger partial charge < -0.3 is 9.30 Å². The number of ether oxygens (including phenoxy) is 1. The second kappa shape index (κ2) is 8.92. The Labute approximate surface area is 163 Å². The van der Waals surface area contributed by atoms with Crippen LogP contribution < -0.4 is 9.46 Å². The zero-order valence-electron chi connectivity index (χ0n) is 14.6. The molecule has 27 heavy (non-hydrogen) atoms. The van der Waals surface area contributed by atoms with Crippen molar-refractivity contribution in [1.29, 1.82) is 0 Å². The predicted molar refractivity (Wildman–Crippen MR) is 107 cm³/mol. The van der Waals surface area contributed by atoms with Gasteiger partial charge in [0.2, 0.25) is 10.0 Å². The number of anilines is 1. The molecule has 0 radical (unpaired) electrons. The summed E-state index contributed by atoms with van der Waals surface area (Å²) in [6.07, 6.45) is 5.61. The third-order valence-corrected chi connectivity index (χ3v) is 5.37. The van der Waals surface area contributed by atoms with Gasteiger partial charge in [0.05, 0.1) is 24.3 Å². The first-order valence-electron chi connectivity index (χ1n) is 8.44. The van der Waals surface area contributed by atoms with Crippen LogP contribution in [0.25, 0.3) is 0 Å². The molecular formula is C19H20ClN3O3S. The molecule has 0 fully saturated rings. The minimum atomic E-state index is -3.52. The molecule has 0 aliphatic rings. The number of nitrogens with zero attached hydrogens (tertiary/aromatic N) is 2. The van der Waals surface area contributed by atoms with Gasteiger partial charge in [-0.1, -0.05) is 35.9 Å². The van der Waals surface area contributed by atoms with Gasteiger partial charge in [0.25, 0.3) is 0 Å². The summed E-state index contributed by atoms with van der Waals surface area (Å²) in [5.74, 6) is 0.445. The lowest BCUT2D eigenvalue weighted by atomic mass is 10.2. The molecule has 1 N–H and O–H groups in total. The van der Waals surface area contributed by atoms with E-state index in [1.165, 1.54) is 0 Å². The van der Waals surface area contributed by atoms with E-state index in [2.05, 4.69) is 9.71 Å². The van der Waals surface area contributed by atoms with E-state index >= 15 is 0 Å². The van der Waals surface area contributed by atoms with E-state index < -0.39 is 10.0 Å². The fourth-order valence-corrected chi connectivity index (χ4v) is 3.84. The summed E-state index contributed by atoms with van der Waals surface area (Å²) >= 11 is 5.94. The number of halogens is 1. The van der Waals surface area contributed by atoms with E-state index in [1.54, 1.807) is 55.0 Å². The van der Waals surface area contributed by atoms with Crippen LogP contribution in [0.15, 0.2) is 67.3 Å². The van der Waals surface area contributed by atoms with Gasteiger partial charge in [-0.05, 0) is 36.2 Å². The number of aryl methyl sites for hydroxylation is 1. The Bertz CT molecular complexity index is 975. The van der Waals surface area contributed by atoms with Gasteiger partial charge in [-0.25, -0.2) is 13.4 Å². The molecule has 1 aromatic heterocycles. The van der Waals surface area contributed by atoms with E-state index in [9.17, 15) is 8.42 Å². The van der Waals surface area contributed by atoms with Crippen molar-refractivity contribution in [2.45, 2.75) is 13.0 Å². The van der Waals surface area contributed by atoms with Gasteiger partial charge in [-0.15, -0.1) is 0 Å². The van der Waals surface area contributed by atoms with Gasteiger partial charge >= 0.3 is 0 Å². The minimum absolute atomic E-state index is 0.0449. The highest BCUT2D eigenvalue weighted by atomic mass is 35.5. The van der Waals surface area contributed by atoms with Crippen LogP contribution in [0.4, 0.5) is 5.69 Å². The van der Waals surface area contributed by atoms with Crippen LogP contribution in [0.3, 0.4) is 0 Å². The largest absolute Gasteiger partial charge is 0.490 e. The number of hydrogen-bond acceptors (Lipinski definition) is 4. The highest BCUT2D eigenvalue weighted by molar-refractivity contribution is 7.92. The van der Waals surface area contributed by atoms with Crippen molar-refractivity contribution in [3.63, 3.8) is 0 Å². The maximum atomic E-state index is 12.5. The number of sulfonamides is 1.